The van der Waals surface area contributed by atoms with Gasteiger partial charge in [-0.05, 0) is 32.6 Å². The molecule has 0 aromatic carbocycles. The molecule has 0 aliphatic rings. The van der Waals surface area contributed by atoms with E-state index in [4.69, 9.17) is 10.2 Å². The van der Waals surface area contributed by atoms with E-state index in [9.17, 15) is 0 Å². The van der Waals surface area contributed by atoms with Crippen molar-refractivity contribution in [3.8, 4) is 0 Å². The van der Waals surface area contributed by atoms with Gasteiger partial charge in [-0.25, -0.2) is 0 Å². The summed E-state index contributed by atoms with van der Waals surface area (Å²) in [5, 5.41) is 10.9. The molecule has 0 fully saturated rings. The Morgan fingerprint density at radius 3 is 2.38 bits per heavy atom. The molecule has 0 spiro atoms. The van der Waals surface area contributed by atoms with Crippen LogP contribution >= 0.6 is 0 Å². The third kappa shape index (κ3) is 4.18. The predicted molar refractivity (Wildman–Crippen MR) is 64.1 cm³/mol. The molecule has 3 N–H and O–H groups in total. The molecule has 1 heterocycles. The molecule has 1 rings (SSSR count). The molecule has 1 aromatic heterocycles. The molecule has 16 heavy (non-hydrogen) atoms. The van der Waals surface area contributed by atoms with E-state index in [1.807, 2.05) is 6.92 Å². The number of hydrogen-bond donors (Lipinski definition) is 2. The van der Waals surface area contributed by atoms with Crippen molar-refractivity contribution >= 4 is 6.01 Å². The van der Waals surface area contributed by atoms with Crippen molar-refractivity contribution in [1.82, 2.24) is 10.2 Å². The zero-order valence-electron chi connectivity index (χ0n) is 10.5. The summed E-state index contributed by atoms with van der Waals surface area (Å²) in [5.74, 6) is 1.19. The summed E-state index contributed by atoms with van der Waals surface area (Å²) in [6.07, 6.45) is 2.27. The van der Waals surface area contributed by atoms with Crippen LogP contribution in [0.25, 0.3) is 0 Å². The number of anilines is 1. The molecule has 0 aliphatic carbocycles. The van der Waals surface area contributed by atoms with E-state index in [1.54, 1.807) is 0 Å². The van der Waals surface area contributed by atoms with Crippen LogP contribution in [0.5, 0.6) is 0 Å². The normalized spacial score (nSPS) is 15.1. The maximum Gasteiger partial charge on any atom is 0.315 e. The summed E-state index contributed by atoms with van der Waals surface area (Å²) in [6, 6.07) is 0.585. The Kier molecular flexibility index (Phi) is 4.73. The molecule has 92 valence electrons. The van der Waals surface area contributed by atoms with Gasteiger partial charge in [0.1, 0.15) is 0 Å². The predicted octanol–water partition coefficient (Wildman–Crippen LogP) is 2.33. The fourth-order valence-corrected chi connectivity index (χ4v) is 1.34. The molecule has 5 heteroatoms. The Balaban J connectivity index is 2.40. The van der Waals surface area contributed by atoms with Crippen LogP contribution in [0.2, 0.25) is 0 Å². The summed E-state index contributed by atoms with van der Waals surface area (Å²) < 4.78 is 5.36. The monoisotopic (exact) mass is 226 g/mol. The van der Waals surface area contributed by atoms with Gasteiger partial charge in [0.25, 0.3) is 0 Å². The third-order valence-corrected chi connectivity index (χ3v) is 2.38. The fraction of sp³-hybridized carbons (Fsp3) is 0.818. The molecule has 1 aromatic rings. The zero-order valence-corrected chi connectivity index (χ0v) is 10.5. The summed E-state index contributed by atoms with van der Waals surface area (Å²) in [5.41, 5.74) is 5.63. The van der Waals surface area contributed by atoms with E-state index in [1.165, 1.54) is 6.42 Å². The smallest absolute Gasteiger partial charge is 0.315 e. The summed E-state index contributed by atoms with van der Waals surface area (Å²) in [4.78, 5) is 0. The van der Waals surface area contributed by atoms with E-state index >= 15 is 0 Å². The zero-order chi connectivity index (χ0) is 12.1. The first-order valence-corrected chi connectivity index (χ1v) is 5.84. The topological polar surface area (TPSA) is 77.0 Å². The van der Waals surface area contributed by atoms with Crippen LogP contribution < -0.4 is 11.1 Å². The molecular weight excluding hydrogens is 204 g/mol. The Morgan fingerprint density at radius 2 is 1.88 bits per heavy atom. The lowest BCUT2D eigenvalue weighted by molar-refractivity contribution is 0.462. The molecular formula is C11H22N4O. The van der Waals surface area contributed by atoms with E-state index in [2.05, 4.69) is 36.3 Å². The van der Waals surface area contributed by atoms with Crippen LogP contribution in [0, 0.1) is 5.92 Å². The van der Waals surface area contributed by atoms with E-state index < -0.39 is 0 Å². The molecule has 0 amide bonds. The van der Waals surface area contributed by atoms with E-state index in [-0.39, 0.29) is 6.04 Å². The fourth-order valence-electron chi connectivity index (χ4n) is 1.34. The second kappa shape index (κ2) is 5.84. The van der Waals surface area contributed by atoms with Gasteiger partial charge in [0.2, 0.25) is 5.89 Å². The molecule has 5 nitrogen and oxygen atoms in total. The molecule has 2 unspecified atom stereocenters. The van der Waals surface area contributed by atoms with Crippen molar-refractivity contribution < 1.29 is 4.42 Å². The number of aromatic nitrogens is 2. The standard InChI is InChI=1S/C11H22N4O/c1-7(2)5-6-8(3)13-11-15-14-10(16-11)9(4)12/h7-9H,5-6,12H2,1-4H3,(H,13,15). The van der Waals surface area contributed by atoms with Gasteiger partial charge in [0.15, 0.2) is 0 Å². The number of hydrogen-bond acceptors (Lipinski definition) is 5. The lowest BCUT2D eigenvalue weighted by Crippen LogP contribution is -2.16. The lowest BCUT2D eigenvalue weighted by atomic mass is 10.0. The van der Waals surface area contributed by atoms with Crippen LogP contribution in [0.1, 0.15) is 52.5 Å². The first-order chi connectivity index (χ1) is 7.49. The number of rotatable bonds is 6. The van der Waals surface area contributed by atoms with Crippen molar-refractivity contribution in [1.29, 1.82) is 0 Å². The Hall–Kier alpha value is -1.10. The largest absolute Gasteiger partial charge is 0.406 e. The Bertz CT molecular complexity index is 309. The maximum absolute atomic E-state index is 5.63. The first kappa shape index (κ1) is 13.0. The molecule has 2 atom stereocenters. The molecule has 0 aliphatic heterocycles. The second-order valence-corrected chi connectivity index (χ2v) is 4.75. The van der Waals surface area contributed by atoms with Gasteiger partial charge < -0.3 is 15.5 Å². The summed E-state index contributed by atoms with van der Waals surface area (Å²) >= 11 is 0. The van der Waals surface area contributed by atoms with Gasteiger partial charge >= 0.3 is 6.01 Å². The molecule has 0 radical (unpaired) electrons. The van der Waals surface area contributed by atoms with Crippen molar-refractivity contribution in [3.63, 3.8) is 0 Å². The minimum atomic E-state index is -0.214. The van der Waals surface area contributed by atoms with Crippen molar-refractivity contribution in [2.75, 3.05) is 5.32 Å². The number of nitrogens with two attached hydrogens (primary N) is 1. The molecule has 0 saturated carbocycles. The van der Waals surface area contributed by atoms with Gasteiger partial charge in [-0.3, -0.25) is 0 Å². The second-order valence-electron chi connectivity index (χ2n) is 4.75. The average Bonchev–Trinajstić information content (AvgIpc) is 2.63. The lowest BCUT2D eigenvalue weighted by Gasteiger charge is -2.12. The quantitative estimate of drug-likeness (QED) is 0.778. The highest BCUT2D eigenvalue weighted by atomic mass is 16.4. The summed E-state index contributed by atoms with van der Waals surface area (Å²) in [7, 11) is 0. The van der Waals surface area contributed by atoms with Gasteiger partial charge in [-0.1, -0.05) is 18.9 Å². The highest BCUT2D eigenvalue weighted by Crippen LogP contribution is 2.14. The SMILES string of the molecule is CC(C)CCC(C)Nc1nnc(C(C)N)o1. The minimum Gasteiger partial charge on any atom is -0.406 e. The average molecular weight is 226 g/mol. The molecule has 0 saturated heterocycles. The van der Waals surface area contributed by atoms with Gasteiger partial charge in [0, 0.05) is 6.04 Å². The van der Waals surface area contributed by atoms with Crippen LogP contribution in [0.4, 0.5) is 6.01 Å². The van der Waals surface area contributed by atoms with Crippen molar-refractivity contribution in [2.45, 2.75) is 52.6 Å². The Morgan fingerprint density at radius 1 is 1.19 bits per heavy atom. The van der Waals surface area contributed by atoms with Crippen molar-refractivity contribution in [3.05, 3.63) is 5.89 Å². The third-order valence-electron chi connectivity index (χ3n) is 2.38. The van der Waals surface area contributed by atoms with Crippen LogP contribution in [0.3, 0.4) is 0 Å². The number of nitrogens with one attached hydrogen (secondary N) is 1. The highest BCUT2D eigenvalue weighted by Gasteiger charge is 2.11. The van der Waals surface area contributed by atoms with Gasteiger partial charge in [-0.15, -0.1) is 5.10 Å². The first-order valence-electron chi connectivity index (χ1n) is 5.84. The summed E-state index contributed by atoms with van der Waals surface area (Å²) in [6.45, 7) is 8.36. The highest BCUT2D eigenvalue weighted by molar-refractivity contribution is 5.19. The van der Waals surface area contributed by atoms with E-state index in [0.29, 0.717) is 23.9 Å². The van der Waals surface area contributed by atoms with Crippen LogP contribution in [-0.4, -0.2) is 16.2 Å². The van der Waals surface area contributed by atoms with Crippen LogP contribution in [0.15, 0.2) is 4.42 Å². The van der Waals surface area contributed by atoms with Gasteiger partial charge in [-0.2, -0.15) is 0 Å². The number of nitrogens with zero attached hydrogens (tertiary/aromatic N) is 2. The molecule has 0 bridgehead atoms. The van der Waals surface area contributed by atoms with Gasteiger partial charge in [0.05, 0.1) is 6.04 Å². The van der Waals surface area contributed by atoms with Crippen molar-refractivity contribution in [2.24, 2.45) is 11.7 Å². The minimum absolute atomic E-state index is 0.214. The maximum atomic E-state index is 5.63. The van der Waals surface area contributed by atoms with E-state index in [0.717, 1.165) is 6.42 Å². The van der Waals surface area contributed by atoms with Crippen LogP contribution in [-0.2, 0) is 0 Å². The Labute approximate surface area is 96.8 Å².